The first kappa shape index (κ1) is 7.35. The molecule has 2 aromatic heterocycles. The average molecular weight is 209 g/mol. The maximum atomic E-state index is 5.89. The van der Waals surface area contributed by atoms with E-state index in [-0.39, 0.29) is 0 Å². The molecule has 0 spiro atoms. The Morgan fingerprint density at radius 2 is 2.31 bits per heavy atom. The van der Waals surface area contributed by atoms with Gasteiger partial charge in [-0.1, -0.05) is 22.9 Å². The van der Waals surface area contributed by atoms with Gasteiger partial charge in [-0.2, -0.15) is 0 Å². The first-order valence-electron chi connectivity index (χ1n) is 3.86. The van der Waals surface area contributed by atoms with E-state index in [2.05, 4.69) is 9.38 Å². The van der Waals surface area contributed by atoms with Gasteiger partial charge in [-0.05, 0) is 18.2 Å². The SMILES string of the molecule is Clc1ccc2c(c1)sc1nccn12. The van der Waals surface area contributed by atoms with Gasteiger partial charge in [0, 0.05) is 17.4 Å². The maximum Gasteiger partial charge on any atom is 0.194 e. The largest absolute Gasteiger partial charge is 0.290 e. The summed E-state index contributed by atoms with van der Waals surface area (Å²) in [7, 11) is 0. The van der Waals surface area contributed by atoms with Crippen LogP contribution in [-0.2, 0) is 0 Å². The normalized spacial score (nSPS) is 11.5. The Labute approximate surface area is 83.4 Å². The Bertz CT molecular complexity index is 581. The zero-order chi connectivity index (χ0) is 8.84. The Morgan fingerprint density at radius 1 is 1.38 bits per heavy atom. The van der Waals surface area contributed by atoms with E-state index in [0.717, 1.165) is 9.98 Å². The summed E-state index contributed by atoms with van der Waals surface area (Å²) >= 11 is 7.54. The van der Waals surface area contributed by atoms with Crippen molar-refractivity contribution in [3.05, 3.63) is 35.6 Å². The minimum atomic E-state index is 0.775. The van der Waals surface area contributed by atoms with Gasteiger partial charge in [0.15, 0.2) is 4.96 Å². The maximum absolute atomic E-state index is 5.89. The summed E-state index contributed by atoms with van der Waals surface area (Å²) in [5.41, 5.74) is 1.17. The minimum absolute atomic E-state index is 0.775. The number of aromatic nitrogens is 2. The Balaban J connectivity index is 2.59. The zero-order valence-corrected chi connectivity index (χ0v) is 8.14. The van der Waals surface area contributed by atoms with Crippen LogP contribution in [0.15, 0.2) is 30.6 Å². The van der Waals surface area contributed by atoms with Crippen molar-refractivity contribution in [2.75, 3.05) is 0 Å². The third kappa shape index (κ3) is 0.975. The molecule has 1 aromatic carbocycles. The van der Waals surface area contributed by atoms with Crippen LogP contribution in [0.1, 0.15) is 0 Å². The lowest BCUT2D eigenvalue weighted by Crippen LogP contribution is -1.75. The molecule has 0 fully saturated rings. The summed E-state index contributed by atoms with van der Waals surface area (Å²) in [6.07, 6.45) is 3.77. The van der Waals surface area contributed by atoms with Gasteiger partial charge >= 0.3 is 0 Å². The predicted molar refractivity (Wildman–Crippen MR) is 55.6 cm³/mol. The molecule has 0 bridgehead atoms. The van der Waals surface area contributed by atoms with Gasteiger partial charge in [0.25, 0.3) is 0 Å². The fourth-order valence-electron chi connectivity index (χ4n) is 1.42. The highest BCUT2D eigenvalue weighted by molar-refractivity contribution is 7.23. The topological polar surface area (TPSA) is 17.3 Å². The molecule has 0 radical (unpaired) electrons. The second-order valence-electron chi connectivity index (χ2n) is 2.79. The van der Waals surface area contributed by atoms with Crippen LogP contribution in [0.5, 0.6) is 0 Å². The first-order chi connectivity index (χ1) is 6.34. The molecule has 13 heavy (non-hydrogen) atoms. The van der Waals surface area contributed by atoms with Crippen molar-refractivity contribution >= 4 is 38.1 Å². The van der Waals surface area contributed by atoms with Crippen molar-refractivity contribution < 1.29 is 0 Å². The molecule has 64 valence electrons. The zero-order valence-electron chi connectivity index (χ0n) is 6.57. The van der Waals surface area contributed by atoms with Crippen LogP contribution in [0.25, 0.3) is 15.2 Å². The molecule has 0 N–H and O–H groups in total. The monoisotopic (exact) mass is 208 g/mol. The van der Waals surface area contributed by atoms with Crippen molar-refractivity contribution in [3.8, 4) is 0 Å². The lowest BCUT2D eigenvalue weighted by Gasteiger charge is -1.90. The van der Waals surface area contributed by atoms with Crippen LogP contribution in [-0.4, -0.2) is 9.38 Å². The van der Waals surface area contributed by atoms with Crippen molar-refractivity contribution in [3.63, 3.8) is 0 Å². The van der Waals surface area contributed by atoms with Gasteiger partial charge < -0.3 is 0 Å². The van der Waals surface area contributed by atoms with E-state index >= 15 is 0 Å². The summed E-state index contributed by atoms with van der Waals surface area (Å²) in [6.45, 7) is 0. The molecular weight excluding hydrogens is 204 g/mol. The molecule has 3 rings (SSSR count). The smallest absolute Gasteiger partial charge is 0.194 e. The summed E-state index contributed by atoms with van der Waals surface area (Å²) in [6, 6.07) is 5.88. The van der Waals surface area contributed by atoms with E-state index in [0.29, 0.717) is 0 Å². The number of nitrogens with zero attached hydrogens (tertiary/aromatic N) is 2. The standard InChI is InChI=1S/C9H5ClN2S/c10-6-1-2-7-8(5-6)13-9-11-3-4-12(7)9/h1-5H. The number of halogens is 1. The highest BCUT2D eigenvalue weighted by Gasteiger charge is 2.04. The Morgan fingerprint density at radius 3 is 3.23 bits per heavy atom. The number of hydrogen-bond acceptors (Lipinski definition) is 2. The summed E-state index contributed by atoms with van der Waals surface area (Å²) in [5.74, 6) is 0. The van der Waals surface area contributed by atoms with Crippen LogP contribution in [0.2, 0.25) is 5.02 Å². The second-order valence-corrected chi connectivity index (χ2v) is 4.24. The molecule has 0 amide bonds. The molecule has 0 saturated heterocycles. The van der Waals surface area contributed by atoms with Crippen LogP contribution in [0.3, 0.4) is 0 Å². The fraction of sp³-hybridized carbons (Fsp3) is 0. The third-order valence-corrected chi connectivity index (χ3v) is 3.26. The number of rotatable bonds is 0. The van der Waals surface area contributed by atoms with Crippen LogP contribution in [0, 0.1) is 0 Å². The molecule has 0 atom stereocenters. The Hall–Kier alpha value is -1.06. The number of hydrogen-bond donors (Lipinski definition) is 0. The minimum Gasteiger partial charge on any atom is -0.290 e. The summed E-state index contributed by atoms with van der Waals surface area (Å²) in [5, 5.41) is 0.775. The molecule has 0 saturated carbocycles. The molecule has 4 heteroatoms. The number of fused-ring (bicyclic) bond motifs is 3. The average Bonchev–Trinajstić information content (AvgIpc) is 2.62. The highest BCUT2D eigenvalue weighted by Crippen LogP contribution is 2.27. The van der Waals surface area contributed by atoms with Gasteiger partial charge in [-0.15, -0.1) is 0 Å². The van der Waals surface area contributed by atoms with Gasteiger partial charge in [0.2, 0.25) is 0 Å². The van der Waals surface area contributed by atoms with Crippen LogP contribution < -0.4 is 0 Å². The van der Waals surface area contributed by atoms with Gasteiger partial charge in [-0.3, -0.25) is 4.40 Å². The molecule has 0 aliphatic heterocycles. The Kier molecular flexibility index (Phi) is 1.39. The van der Waals surface area contributed by atoms with Crippen molar-refractivity contribution in [1.29, 1.82) is 0 Å². The van der Waals surface area contributed by atoms with Crippen LogP contribution in [0.4, 0.5) is 0 Å². The van der Waals surface area contributed by atoms with E-state index < -0.39 is 0 Å². The number of benzene rings is 1. The lowest BCUT2D eigenvalue weighted by molar-refractivity contribution is 1.30. The molecule has 2 heterocycles. The molecule has 0 aliphatic rings. The predicted octanol–water partition coefficient (Wildman–Crippen LogP) is 3.20. The van der Waals surface area contributed by atoms with Crippen molar-refractivity contribution in [2.45, 2.75) is 0 Å². The van der Waals surface area contributed by atoms with Gasteiger partial charge in [-0.25, -0.2) is 4.98 Å². The highest BCUT2D eigenvalue weighted by atomic mass is 35.5. The van der Waals surface area contributed by atoms with E-state index in [1.54, 1.807) is 17.5 Å². The van der Waals surface area contributed by atoms with Crippen molar-refractivity contribution in [2.24, 2.45) is 0 Å². The van der Waals surface area contributed by atoms with Gasteiger partial charge in [0.05, 0.1) is 10.2 Å². The first-order valence-corrected chi connectivity index (χ1v) is 5.05. The van der Waals surface area contributed by atoms with Crippen LogP contribution >= 0.6 is 22.9 Å². The fourth-order valence-corrected chi connectivity index (χ4v) is 2.68. The molecule has 3 aromatic rings. The van der Waals surface area contributed by atoms with E-state index in [4.69, 9.17) is 11.6 Å². The molecular formula is C9H5ClN2S. The van der Waals surface area contributed by atoms with Gasteiger partial charge in [0.1, 0.15) is 0 Å². The summed E-state index contributed by atoms with van der Waals surface area (Å²) in [4.78, 5) is 5.24. The number of thiazole rings is 1. The van der Waals surface area contributed by atoms with Crippen molar-refractivity contribution in [1.82, 2.24) is 9.38 Å². The number of imidazole rings is 1. The van der Waals surface area contributed by atoms with E-state index in [9.17, 15) is 0 Å². The molecule has 2 nitrogen and oxygen atoms in total. The summed E-state index contributed by atoms with van der Waals surface area (Å²) < 4.78 is 3.24. The second kappa shape index (κ2) is 2.47. The van der Waals surface area contributed by atoms with E-state index in [1.807, 2.05) is 24.4 Å². The third-order valence-electron chi connectivity index (χ3n) is 1.99. The quantitative estimate of drug-likeness (QED) is 0.555. The molecule has 0 aliphatic carbocycles. The molecule has 0 unspecified atom stereocenters. The van der Waals surface area contributed by atoms with E-state index in [1.165, 1.54) is 10.2 Å². The lowest BCUT2D eigenvalue weighted by atomic mass is 10.3.